The van der Waals surface area contributed by atoms with E-state index < -0.39 is 0 Å². The third kappa shape index (κ3) is 3.56. The van der Waals surface area contributed by atoms with Crippen LogP contribution in [0.25, 0.3) is 26.4 Å². The Hall–Kier alpha value is -2.97. The van der Waals surface area contributed by atoms with Crippen molar-refractivity contribution in [2.24, 2.45) is 0 Å². The van der Waals surface area contributed by atoms with Crippen molar-refractivity contribution in [1.82, 2.24) is 9.38 Å². The molecule has 0 aliphatic heterocycles. The molecule has 0 unspecified atom stereocenters. The minimum absolute atomic E-state index is 0.587. The second-order valence-electron chi connectivity index (χ2n) is 6.38. The number of rotatable bonds is 8. The zero-order valence-corrected chi connectivity index (χ0v) is 17.6. The van der Waals surface area contributed by atoms with Crippen molar-refractivity contribution < 1.29 is 18.9 Å². The molecule has 0 aliphatic rings. The lowest BCUT2D eigenvalue weighted by Crippen LogP contribution is -2.10. The van der Waals surface area contributed by atoms with E-state index >= 15 is 0 Å². The van der Waals surface area contributed by atoms with E-state index in [4.69, 9.17) is 23.9 Å². The Kier molecular flexibility index (Phi) is 5.46. The molecule has 8 heteroatoms. The molecule has 29 heavy (non-hydrogen) atoms. The van der Waals surface area contributed by atoms with E-state index in [1.54, 1.807) is 39.8 Å². The van der Waals surface area contributed by atoms with Gasteiger partial charge in [0.2, 0.25) is 0 Å². The largest absolute Gasteiger partial charge is 0.497 e. The first-order valence-corrected chi connectivity index (χ1v) is 9.95. The van der Waals surface area contributed by atoms with Gasteiger partial charge in [0.25, 0.3) is 0 Å². The summed E-state index contributed by atoms with van der Waals surface area (Å²) >= 11 is 1.62. The van der Waals surface area contributed by atoms with Crippen LogP contribution in [0, 0.1) is 0 Å². The maximum absolute atomic E-state index is 5.44. The molecular weight excluding hydrogens is 390 g/mol. The number of aromatic nitrogens is 2. The first kappa shape index (κ1) is 19.4. The third-order valence-electron chi connectivity index (χ3n) is 4.68. The topological polar surface area (TPSA) is 66.2 Å². The van der Waals surface area contributed by atoms with Crippen LogP contribution in [0.1, 0.15) is 0 Å². The molecule has 0 atom stereocenters. The standard InChI is InChI=1S/C21H23N3O4S/c1-25-8-7-22-20-19(13-9-15(27-3)11-16(10-13)28-4)23-21-24(20)17-6-5-14(26-2)12-18(17)29-21/h5-6,9-12,22H,7-8H2,1-4H3. The highest BCUT2D eigenvalue weighted by Crippen LogP contribution is 2.39. The zero-order chi connectivity index (χ0) is 20.4. The van der Waals surface area contributed by atoms with Crippen LogP contribution in [0.5, 0.6) is 17.2 Å². The van der Waals surface area contributed by atoms with Gasteiger partial charge < -0.3 is 24.3 Å². The molecule has 0 bridgehead atoms. The average Bonchev–Trinajstić information content (AvgIpc) is 3.29. The molecular formula is C21H23N3O4S. The SMILES string of the molecule is COCCNc1c(-c2cc(OC)cc(OC)c2)nc2sc3cc(OC)ccc3n12. The number of nitrogens with one attached hydrogen (secondary N) is 1. The smallest absolute Gasteiger partial charge is 0.197 e. The van der Waals surface area contributed by atoms with Crippen LogP contribution in [0.2, 0.25) is 0 Å². The fourth-order valence-electron chi connectivity index (χ4n) is 3.26. The van der Waals surface area contributed by atoms with E-state index in [0.717, 1.165) is 38.0 Å². The second kappa shape index (κ2) is 8.18. The van der Waals surface area contributed by atoms with Gasteiger partial charge in [0.15, 0.2) is 4.96 Å². The number of hydrogen-bond donors (Lipinski definition) is 1. The molecule has 0 amide bonds. The zero-order valence-electron chi connectivity index (χ0n) is 16.8. The molecule has 7 nitrogen and oxygen atoms in total. The van der Waals surface area contributed by atoms with E-state index in [9.17, 15) is 0 Å². The average molecular weight is 413 g/mol. The lowest BCUT2D eigenvalue weighted by atomic mass is 10.1. The molecule has 2 aromatic carbocycles. The van der Waals surface area contributed by atoms with E-state index in [0.29, 0.717) is 24.7 Å². The van der Waals surface area contributed by atoms with Crippen LogP contribution < -0.4 is 19.5 Å². The van der Waals surface area contributed by atoms with Gasteiger partial charge in [-0.25, -0.2) is 4.98 Å². The van der Waals surface area contributed by atoms with Crippen molar-refractivity contribution in [2.45, 2.75) is 0 Å². The minimum atomic E-state index is 0.587. The van der Waals surface area contributed by atoms with Crippen molar-refractivity contribution in [3.63, 3.8) is 0 Å². The molecule has 0 saturated heterocycles. The van der Waals surface area contributed by atoms with Crippen molar-refractivity contribution in [2.75, 3.05) is 46.9 Å². The molecule has 2 heterocycles. The molecule has 4 aromatic rings. The molecule has 152 valence electrons. The molecule has 0 saturated carbocycles. The van der Waals surface area contributed by atoms with E-state index in [-0.39, 0.29) is 0 Å². The lowest BCUT2D eigenvalue weighted by Gasteiger charge is -2.11. The summed E-state index contributed by atoms with van der Waals surface area (Å²) in [6, 6.07) is 11.8. The Morgan fingerprint density at radius 3 is 2.31 bits per heavy atom. The number of ether oxygens (including phenoxy) is 4. The van der Waals surface area contributed by atoms with Crippen molar-refractivity contribution in [3.8, 4) is 28.5 Å². The minimum Gasteiger partial charge on any atom is -0.497 e. The number of hydrogen-bond acceptors (Lipinski definition) is 7. The Balaban J connectivity index is 1.92. The number of fused-ring (bicyclic) bond motifs is 3. The Bertz CT molecular complexity index is 1130. The molecule has 1 N–H and O–H groups in total. The van der Waals surface area contributed by atoms with Gasteiger partial charge >= 0.3 is 0 Å². The number of benzene rings is 2. The number of nitrogens with zero attached hydrogens (tertiary/aromatic N) is 2. The normalized spacial score (nSPS) is 11.2. The third-order valence-corrected chi connectivity index (χ3v) is 5.68. The number of thiazole rings is 1. The van der Waals surface area contributed by atoms with E-state index in [1.807, 2.05) is 30.3 Å². The maximum atomic E-state index is 5.44. The summed E-state index contributed by atoms with van der Waals surface area (Å²) in [6.07, 6.45) is 0. The van der Waals surface area contributed by atoms with Crippen molar-refractivity contribution in [1.29, 1.82) is 0 Å². The van der Waals surface area contributed by atoms with Gasteiger partial charge in [-0.3, -0.25) is 4.40 Å². The van der Waals surface area contributed by atoms with Gasteiger partial charge in [-0.05, 0) is 30.3 Å². The molecule has 0 aliphatic carbocycles. The van der Waals surface area contributed by atoms with Crippen LogP contribution in [0.15, 0.2) is 36.4 Å². The van der Waals surface area contributed by atoms with Crippen LogP contribution >= 0.6 is 11.3 Å². The highest BCUT2D eigenvalue weighted by atomic mass is 32.1. The monoisotopic (exact) mass is 413 g/mol. The van der Waals surface area contributed by atoms with Crippen molar-refractivity contribution in [3.05, 3.63) is 36.4 Å². The van der Waals surface area contributed by atoms with Gasteiger partial charge in [0.05, 0.1) is 38.2 Å². The molecule has 0 radical (unpaired) electrons. The van der Waals surface area contributed by atoms with Gasteiger partial charge in [0, 0.05) is 25.3 Å². The van der Waals surface area contributed by atoms with E-state index in [1.165, 1.54) is 0 Å². The van der Waals surface area contributed by atoms with Crippen LogP contribution in [-0.2, 0) is 4.74 Å². The molecule has 4 rings (SSSR count). The Morgan fingerprint density at radius 2 is 1.66 bits per heavy atom. The van der Waals surface area contributed by atoms with Crippen LogP contribution in [-0.4, -0.2) is 51.0 Å². The first-order valence-electron chi connectivity index (χ1n) is 9.13. The van der Waals surface area contributed by atoms with Gasteiger partial charge in [-0.1, -0.05) is 11.3 Å². The predicted octanol–water partition coefficient (Wildman–Crippen LogP) is 4.30. The van der Waals surface area contributed by atoms with Gasteiger partial charge in [0.1, 0.15) is 28.8 Å². The fourth-order valence-corrected chi connectivity index (χ4v) is 4.31. The summed E-state index contributed by atoms with van der Waals surface area (Å²) in [5.74, 6) is 3.17. The summed E-state index contributed by atoms with van der Waals surface area (Å²) in [7, 11) is 6.64. The van der Waals surface area contributed by atoms with E-state index in [2.05, 4.69) is 15.8 Å². The second-order valence-corrected chi connectivity index (χ2v) is 7.39. The highest BCUT2D eigenvalue weighted by molar-refractivity contribution is 7.23. The number of methoxy groups -OCH3 is 4. The fraction of sp³-hybridized carbons (Fsp3) is 0.286. The summed E-state index contributed by atoms with van der Waals surface area (Å²) in [5, 5.41) is 3.49. The van der Waals surface area contributed by atoms with Gasteiger partial charge in [-0.15, -0.1) is 0 Å². The number of imidazole rings is 1. The first-order chi connectivity index (χ1) is 14.2. The van der Waals surface area contributed by atoms with Crippen LogP contribution in [0.4, 0.5) is 5.82 Å². The molecule has 0 fully saturated rings. The highest BCUT2D eigenvalue weighted by Gasteiger charge is 2.19. The Labute approximate surface area is 172 Å². The lowest BCUT2D eigenvalue weighted by molar-refractivity contribution is 0.210. The maximum Gasteiger partial charge on any atom is 0.197 e. The summed E-state index contributed by atoms with van der Waals surface area (Å²) < 4.78 is 24.7. The summed E-state index contributed by atoms with van der Waals surface area (Å²) in [6.45, 7) is 1.25. The molecule has 2 aromatic heterocycles. The van der Waals surface area contributed by atoms with Crippen molar-refractivity contribution >= 4 is 32.3 Å². The summed E-state index contributed by atoms with van der Waals surface area (Å²) in [4.78, 5) is 5.82. The Morgan fingerprint density at radius 1 is 0.931 bits per heavy atom. The van der Waals surface area contributed by atoms with Gasteiger partial charge in [-0.2, -0.15) is 0 Å². The molecule has 0 spiro atoms. The summed E-state index contributed by atoms with van der Waals surface area (Å²) in [5.41, 5.74) is 2.82. The number of anilines is 1. The quantitative estimate of drug-likeness (QED) is 0.435. The van der Waals surface area contributed by atoms with Crippen LogP contribution in [0.3, 0.4) is 0 Å². The predicted molar refractivity (Wildman–Crippen MR) is 116 cm³/mol.